The zero-order chi connectivity index (χ0) is 17.3. The summed E-state index contributed by atoms with van der Waals surface area (Å²) in [7, 11) is 1.33. The molecule has 0 fully saturated rings. The second kappa shape index (κ2) is 6.40. The van der Waals surface area contributed by atoms with Gasteiger partial charge in [0.25, 0.3) is 0 Å². The van der Waals surface area contributed by atoms with Gasteiger partial charge in [-0.2, -0.15) is 0 Å². The molecule has 3 rings (SSSR count). The lowest BCUT2D eigenvalue weighted by molar-refractivity contribution is 0.0603. The molecule has 2 aromatic carbocycles. The topological polar surface area (TPSA) is 39.2 Å². The highest BCUT2D eigenvalue weighted by Gasteiger charge is 2.24. The van der Waals surface area contributed by atoms with Crippen LogP contribution in [0, 0.1) is 5.82 Å². The van der Waals surface area contributed by atoms with Gasteiger partial charge in [0, 0.05) is 10.9 Å². The van der Waals surface area contributed by atoms with Gasteiger partial charge in [0.15, 0.2) is 0 Å². The Bertz CT molecular complexity index is 904. The number of esters is 1. The molecule has 0 N–H and O–H groups in total. The summed E-state index contributed by atoms with van der Waals surface area (Å²) in [6.07, 6.45) is 0. The smallest absolute Gasteiger partial charge is 0.339 e. The van der Waals surface area contributed by atoms with Gasteiger partial charge in [-0.1, -0.05) is 44.2 Å². The van der Waals surface area contributed by atoms with Crippen molar-refractivity contribution >= 4 is 16.9 Å². The predicted octanol–water partition coefficient (Wildman–Crippen LogP) is 4.95. The van der Waals surface area contributed by atoms with E-state index in [1.807, 2.05) is 44.2 Å². The van der Waals surface area contributed by atoms with Crippen LogP contribution in [-0.2, 0) is 4.74 Å². The summed E-state index contributed by atoms with van der Waals surface area (Å²) in [5.74, 6) is -0.808. The molecule has 0 saturated carbocycles. The molecule has 0 aliphatic carbocycles. The van der Waals surface area contributed by atoms with Gasteiger partial charge in [0.2, 0.25) is 0 Å². The van der Waals surface area contributed by atoms with E-state index in [1.54, 1.807) is 6.07 Å². The van der Waals surface area contributed by atoms with E-state index in [9.17, 15) is 9.18 Å². The van der Waals surface area contributed by atoms with Crippen LogP contribution in [0.1, 0.15) is 35.8 Å². The molecule has 0 amide bonds. The van der Waals surface area contributed by atoms with Crippen LogP contribution in [0.5, 0.6) is 0 Å². The van der Waals surface area contributed by atoms with Crippen molar-refractivity contribution < 1.29 is 13.9 Å². The Morgan fingerprint density at radius 1 is 1.12 bits per heavy atom. The predicted molar refractivity (Wildman–Crippen MR) is 92.6 cm³/mol. The Kier molecular flexibility index (Phi) is 4.30. The monoisotopic (exact) mass is 323 g/mol. The lowest BCUT2D eigenvalue weighted by atomic mass is 9.90. The van der Waals surface area contributed by atoms with Crippen LogP contribution in [0.2, 0.25) is 0 Å². The minimum Gasteiger partial charge on any atom is -0.465 e. The number of fused-ring (bicyclic) bond motifs is 1. The fraction of sp³-hybridized carbons (Fsp3) is 0.200. The van der Waals surface area contributed by atoms with Gasteiger partial charge in [-0.05, 0) is 29.7 Å². The van der Waals surface area contributed by atoms with Crippen molar-refractivity contribution in [1.29, 1.82) is 0 Å². The van der Waals surface area contributed by atoms with Crippen molar-refractivity contribution in [2.24, 2.45) is 0 Å². The van der Waals surface area contributed by atoms with Crippen molar-refractivity contribution in [2.75, 3.05) is 7.11 Å². The average molecular weight is 323 g/mol. The normalized spacial score (nSPS) is 11.0. The molecule has 0 radical (unpaired) electrons. The Labute approximate surface area is 140 Å². The van der Waals surface area contributed by atoms with Crippen LogP contribution in [0.4, 0.5) is 4.39 Å². The maximum Gasteiger partial charge on any atom is 0.339 e. The number of halogens is 1. The zero-order valence-corrected chi connectivity index (χ0v) is 13.8. The lowest BCUT2D eigenvalue weighted by Gasteiger charge is -2.18. The van der Waals surface area contributed by atoms with E-state index < -0.39 is 11.8 Å². The van der Waals surface area contributed by atoms with Crippen LogP contribution in [-0.4, -0.2) is 18.1 Å². The molecular formula is C20H18FNO2. The number of rotatable bonds is 3. The van der Waals surface area contributed by atoms with Crippen molar-refractivity contribution in [3.8, 4) is 11.1 Å². The van der Waals surface area contributed by atoms with Crippen molar-refractivity contribution in [3.05, 3.63) is 65.6 Å². The molecule has 1 heterocycles. The maximum atomic E-state index is 13.8. The van der Waals surface area contributed by atoms with Gasteiger partial charge in [-0.15, -0.1) is 0 Å². The summed E-state index contributed by atoms with van der Waals surface area (Å²) >= 11 is 0. The summed E-state index contributed by atoms with van der Waals surface area (Å²) in [4.78, 5) is 17.2. The molecule has 0 aliphatic heterocycles. The first kappa shape index (κ1) is 16.1. The fourth-order valence-corrected chi connectivity index (χ4v) is 2.88. The molecular weight excluding hydrogens is 305 g/mol. The number of hydrogen-bond donors (Lipinski definition) is 0. The highest BCUT2D eigenvalue weighted by Crippen LogP contribution is 2.36. The SMILES string of the molecule is COC(=O)c1c(-c2ccccc2)c(C(C)C)nc2ccc(F)cc12. The molecule has 0 aliphatic rings. The lowest BCUT2D eigenvalue weighted by Crippen LogP contribution is -2.10. The van der Waals surface area contributed by atoms with E-state index >= 15 is 0 Å². The molecule has 0 saturated heterocycles. The number of methoxy groups -OCH3 is 1. The first-order chi connectivity index (χ1) is 11.5. The summed E-state index contributed by atoms with van der Waals surface area (Å²) in [6.45, 7) is 4.04. The molecule has 24 heavy (non-hydrogen) atoms. The van der Waals surface area contributed by atoms with Crippen LogP contribution in [0.3, 0.4) is 0 Å². The highest BCUT2D eigenvalue weighted by molar-refractivity contribution is 6.09. The Hall–Kier alpha value is -2.75. The number of ether oxygens (including phenoxy) is 1. The Balaban J connectivity index is 2.50. The summed E-state index contributed by atoms with van der Waals surface area (Å²) in [5.41, 5.74) is 3.30. The number of aromatic nitrogens is 1. The van der Waals surface area contributed by atoms with Crippen molar-refractivity contribution in [2.45, 2.75) is 19.8 Å². The number of hydrogen-bond acceptors (Lipinski definition) is 3. The van der Waals surface area contributed by atoms with Crippen LogP contribution >= 0.6 is 0 Å². The molecule has 4 heteroatoms. The van der Waals surface area contributed by atoms with Crippen molar-refractivity contribution in [1.82, 2.24) is 4.98 Å². The molecule has 3 aromatic rings. The number of nitrogens with zero attached hydrogens (tertiary/aromatic N) is 1. The van der Waals surface area contributed by atoms with Gasteiger partial charge in [0.05, 0.1) is 23.9 Å². The second-order valence-electron chi connectivity index (χ2n) is 5.92. The van der Waals surface area contributed by atoms with E-state index in [0.717, 1.165) is 11.3 Å². The second-order valence-corrected chi connectivity index (χ2v) is 5.92. The number of benzene rings is 2. The molecule has 0 spiro atoms. The maximum absolute atomic E-state index is 13.8. The van der Waals surface area contributed by atoms with Gasteiger partial charge in [0.1, 0.15) is 5.82 Å². The summed E-state index contributed by atoms with van der Waals surface area (Å²) < 4.78 is 18.8. The van der Waals surface area contributed by atoms with Crippen LogP contribution in [0.25, 0.3) is 22.0 Å². The van der Waals surface area contributed by atoms with Gasteiger partial charge < -0.3 is 4.74 Å². The summed E-state index contributed by atoms with van der Waals surface area (Å²) in [6, 6.07) is 13.8. The first-order valence-corrected chi connectivity index (χ1v) is 7.79. The first-order valence-electron chi connectivity index (χ1n) is 7.79. The number of carbonyl (C=O) groups is 1. The largest absolute Gasteiger partial charge is 0.465 e. The number of pyridine rings is 1. The third-order valence-electron chi connectivity index (χ3n) is 3.97. The molecule has 0 atom stereocenters. The number of carbonyl (C=O) groups excluding carboxylic acids is 1. The molecule has 122 valence electrons. The zero-order valence-electron chi connectivity index (χ0n) is 13.8. The minimum absolute atomic E-state index is 0.0954. The van der Waals surface area contributed by atoms with Gasteiger partial charge in [-0.3, -0.25) is 4.98 Å². The third kappa shape index (κ3) is 2.75. The molecule has 0 unspecified atom stereocenters. The highest BCUT2D eigenvalue weighted by atomic mass is 19.1. The van der Waals surface area contributed by atoms with Gasteiger partial charge >= 0.3 is 5.97 Å². The summed E-state index contributed by atoms with van der Waals surface area (Å²) in [5, 5.41) is 0.463. The molecule has 3 nitrogen and oxygen atoms in total. The van der Waals surface area contributed by atoms with E-state index in [1.165, 1.54) is 19.2 Å². The van der Waals surface area contributed by atoms with E-state index in [0.29, 0.717) is 22.0 Å². The van der Waals surface area contributed by atoms with Crippen LogP contribution < -0.4 is 0 Å². The Morgan fingerprint density at radius 3 is 2.46 bits per heavy atom. The molecule has 0 bridgehead atoms. The van der Waals surface area contributed by atoms with Crippen molar-refractivity contribution in [3.63, 3.8) is 0 Å². The van der Waals surface area contributed by atoms with Crippen LogP contribution in [0.15, 0.2) is 48.5 Å². The fourth-order valence-electron chi connectivity index (χ4n) is 2.88. The average Bonchev–Trinajstić information content (AvgIpc) is 2.60. The Morgan fingerprint density at radius 2 is 1.83 bits per heavy atom. The van der Waals surface area contributed by atoms with E-state index in [-0.39, 0.29) is 5.92 Å². The quantitative estimate of drug-likeness (QED) is 0.640. The van der Waals surface area contributed by atoms with E-state index in [2.05, 4.69) is 0 Å². The van der Waals surface area contributed by atoms with Gasteiger partial charge in [-0.25, -0.2) is 9.18 Å². The third-order valence-corrected chi connectivity index (χ3v) is 3.97. The standard InChI is InChI=1S/C20H18FNO2/c1-12(2)19-17(13-7-5-4-6-8-13)18(20(23)24-3)15-11-14(21)9-10-16(15)22-19/h4-12H,1-3H3. The molecule has 1 aromatic heterocycles. The van der Waals surface area contributed by atoms with E-state index in [4.69, 9.17) is 9.72 Å². The minimum atomic E-state index is -0.492.